The van der Waals surface area contributed by atoms with E-state index in [1.165, 1.54) is 24.3 Å². The van der Waals surface area contributed by atoms with Gasteiger partial charge in [0, 0.05) is 36.8 Å². The lowest BCUT2D eigenvalue weighted by Gasteiger charge is -2.32. The van der Waals surface area contributed by atoms with E-state index in [0.717, 1.165) is 6.41 Å². The van der Waals surface area contributed by atoms with E-state index in [4.69, 9.17) is 0 Å². The summed E-state index contributed by atoms with van der Waals surface area (Å²) in [6.45, 7) is 1.79. The highest BCUT2D eigenvalue weighted by molar-refractivity contribution is 8.00. The summed E-state index contributed by atoms with van der Waals surface area (Å²) < 4.78 is 36.6. The van der Waals surface area contributed by atoms with Crippen LogP contribution in [-0.2, 0) is 4.79 Å². The van der Waals surface area contributed by atoms with Crippen molar-refractivity contribution in [1.82, 2.24) is 9.80 Å². The lowest BCUT2D eigenvalue weighted by atomic mass is 10.3. The average Bonchev–Trinajstić information content (AvgIpc) is 2.48. The van der Waals surface area contributed by atoms with Gasteiger partial charge in [-0.25, -0.2) is 4.79 Å². The predicted octanol–water partition coefficient (Wildman–Crippen LogP) is 2.60. The van der Waals surface area contributed by atoms with Crippen molar-refractivity contribution < 1.29 is 22.8 Å². The van der Waals surface area contributed by atoms with E-state index in [-0.39, 0.29) is 22.7 Å². The van der Waals surface area contributed by atoms with Gasteiger partial charge in [0.2, 0.25) is 6.41 Å². The summed E-state index contributed by atoms with van der Waals surface area (Å²) in [7, 11) is 0. The summed E-state index contributed by atoms with van der Waals surface area (Å²) in [5.41, 5.74) is -3.91. The van der Waals surface area contributed by atoms with Crippen LogP contribution < -0.4 is 5.32 Å². The van der Waals surface area contributed by atoms with Crippen molar-refractivity contribution in [3.63, 3.8) is 0 Å². The van der Waals surface area contributed by atoms with Crippen LogP contribution in [0, 0.1) is 0 Å². The van der Waals surface area contributed by atoms with Crippen LogP contribution in [-0.4, -0.2) is 53.9 Å². The number of carbonyl (C=O) groups is 2. The van der Waals surface area contributed by atoms with Gasteiger partial charge in [-0.2, -0.15) is 13.2 Å². The molecule has 3 amide bonds. The highest BCUT2D eigenvalue weighted by atomic mass is 32.2. The molecule has 1 aliphatic heterocycles. The van der Waals surface area contributed by atoms with Crippen molar-refractivity contribution in [2.75, 3.05) is 31.5 Å². The Labute approximate surface area is 129 Å². The molecule has 1 saturated heterocycles. The minimum atomic E-state index is -4.33. The maximum absolute atomic E-state index is 12.2. The quantitative estimate of drug-likeness (QED) is 0.683. The minimum Gasteiger partial charge on any atom is -0.342 e. The molecule has 0 unspecified atom stereocenters. The fourth-order valence-corrected chi connectivity index (χ4v) is 2.51. The first-order valence-electron chi connectivity index (χ1n) is 6.48. The van der Waals surface area contributed by atoms with Gasteiger partial charge in [-0.15, -0.1) is 0 Å². The fraction of sp³-hybridized carbons (Fsp3) is 0.385. The highest BCUT2D eigenvalue weighted by Crippen LogP contribution is 2.37. The van der Waals surface area contributed by atoms with E-state index in [0.29, 0.717) is 31.9 Å². The molecular formula is C13H14F3N3O2S. The van der Waals surface area contributed by atoms with Crippen molar-refractivity contribution in [1.29, 1.82) is 0 Å². The zero-order chi connectivity index (χ0) is 16.2. The molecule has 1 aromatic carbocycles. The number of hydrogen-bond donors (Lipinski definition) is 1. The van der Waals surface area contributed by atoms with Gasteiger partial charge < -0.3 is 15.1 Å². The topological polar surface area (TPSA) is 52.7 Å². The monoisotopic (exact) mass is 333 g/mol. The summed E-state index contributed by atoms with van der Waals surface area (Å²) in [6.07, 6.45) is 0.742. The van der Waals surface area contributed by atoms with Gasteiger partial charge in [0.25, 0.3) is 0 Å². The Morgan fingerprint density at radius 3 is 2.23 bits per heavy atom. The third-order valence-electron chi connectivity index (χ3n) is 3.09. The Balaban J connectivity index is 1.88. The molecule has 5 nitrogen and oxygen atoms in total. The van der Waals surface area contributed by atoms with Gasteiger partial charge in [0.15, 0.2) is 0 Å². The third kappa shape index (κ3) is 4.83. The Kier molecular flexibility index (Phi) is 5.17. The second-order valence-corrected chi connectivity index (χ2v) is 5.77. The normalized spacial score (nSPS) is 15.6. The van der Waals surface area contributed by atoms with Crippen LogP contribution in [0.3, 0.4) is 0 Å². The molecule has 0 atom stereocenters. The molecule has 1 aromatic rings. The molecule has 1 heterocycles. The number of anilines is 1. The summed E-state index contributed by atoms with van der Waals surface area (Å²) in [5, 5.41) is 2.62. The van der Waals surface area contributed by atoms with Gasteiger partial charge in [-0.3, -0.25) is 4.79 Å². The summed E-state index contributed by atoms with van der Waals surface area (Å²) in [6, 6.07) is 5.12. The second-order valence-electron chi connectivity index (χ2n) is 4.63. The minimum absolute atomic E-state index is 0.0603. The van der Waals surface area contributed by atoms with Crippen molar-refractivity contribution in [2.24, 2.45) is 0 Å². The number of rotatable bonds is 3. The second kappa shape index (κ2) is 6.91. The number of alkyl halides is 3. The molecule has 0 aromatic heterocycles. The Bertz CT molecular complexity index is 528. The lowest BCUT2D eigenvalue weighted by molar-refractivity contribution is -0.119. The van der Waals surface area contributed by atoms with Crippen molar-refractivity contribution in [2.45, 2.75) is 10.4 Å². The van der Waals surface area contributed by atoms with E-state index in [1.807, 2.05) is 0 Å². The van der Waals surface area contributed by atoms with E-state index in [2.05, 4.69) is 5.32 Å². The standard InChI is InChI=1S/C13H14F3N3O2S/c14-13(15,16)22-11-3-1-10(2-4-11)17-12(21)19-7-5-18(9-20)6-8-19/h1-4,9H,5-8H2,(H,17,21). The number of hydrogen-bond acceptors (Lipinski definition) is 3. The molecule has 22 heavy (non-hydrogen) atoms. The zero-order valence-electron chi connectivity index (χ0n) is 11.5. The first-order chi connectivity index (χ1) is 10.4. The summed E-state index contributed by atoms with van der Waals surface area (Å²) >= 11 is -0.203. The van der Waals surface area contributed by atoms with Crippen molar-refractivity contribution in [3.8, 4) is 0 Å². The van der Waals surface area contributed by atoms with Gasteiger partial charge in [-0.1, -0.05) is 0 Å². The molecular weight excluding hydrogens is 319 g/mol. The largest absolute Gasteiger partial charge is 0.446 e. The average molecular weight is 333 g/mol. The molecule has 1 fully saturated rings. The number of amides is 3. The van der Waals surface area contributed by atoms with Crippen LogP contribution in [0.25, 0.3) is 0 Å². The molecule has 0 spiro atoms. The van der Waals surface area contributed by atoms with E-state index in [9.17, 15) is 22.8 Å². The number of thioether (sulfide) groups is 1. The van der Waals surface area contributed by atoms with E-state index in [1.54, 1.807) is 9.80 Å². The highest BCUT2D eigenvalue weighted by Gasteiger charge is 2.29. The van der Waals surface area contributed by atoms with Crippen LogP contribution in [0.2, 0.25) is 0 Å². The fourth-order valence-electron chi connectivity index (χ4n) is 1.97. The van der Waals surface area contributed by atoms with Gasteiger partial charge in [0.05, 0.1) is 0 Å². The van der Waals surface area contributed by atoms with Gasteiger partial charge in [0.1, 0.15) is 0 Å². The van der Waals surface area contributed by atoms with Crippen LogP contribution in [0.15, 0.2) is 29.2 Å². The number of piperazine rings is 1. The van der Waals surface area contributed by atoms with Crippen LogP contribution >= 0.6 is 11.8 Å². The van der Waals surface area contributed by atoms with Gasteiger partial charge >= 0.3 is 11.5 Å². The molecule has 0 bridgehead atoms. The lowest BCUT2D eigenvalue weighted by Crippen LogP contribution is -2.49. The number of urea groups is 1. The Morgan fingerprint density at radius 2 is 1.73 bits per heavy atom. The van der Waals surface area contributed by atoms with Gasteiger partial charge in [-0.05, 0) is 36.0 Å². The van der Waals surface area contributed by atoms with E-state index >= 15 is 0 Å². The first kappa shape index (κ1) is 16.5. The van der Waals surface area contributed by atoms with Crippen LogP contribution in [0.4, 0.5) is 23.7 Å². The van der Waals surface area contributed by atoms with Crippen LogP contribution in [0.5, 0.6) is 0 Å². The third-order valence-corrected chi connectivity index (χ3v) is 3.83. The number of nitrogens with one attached hydrogen (secondary N) is 1. The molecule has 0 aliphatic carbocycles. The number of halogens is 3. The molecule has 120 valence electrons. The maximum atomic E-state index is 12.2. The predicted molar refractivity (Wildman–Crippen MR) is 76.6 cm³/mol. The van der Waals surface area contributed by atoms with Crippen molar-refractivity contribution in [3.05, 3.63) is 24.3 Å². The first-order valence-corrected chi connectivity index (χ1v) is 7.30. The van der Waals surface area contributed by atoms with E-state index < -0.39 is 5.51 Å². The molecule has 1 aliphatic rings. The molecule has 2 rings (SSSR count). The Hall–Kier alpha value is -1.90. The van der Waals surface area contributed by atoms with Crippen LogP contribution in [0.1, 0.15) is 0 Å². The maximum Gasteiger partial charge on any atom is 0.446 e. The SMILES string of the molecule is O=CN1CCN(C(=O)Nc2ccc(SC(F)(F)F)cc2)CC1. The molecule has 9 heteroatoms. The number of nitrogens with zero attached hydrogens (tertiary/aromatic N) is 2. The molecule has 1 N–H and O–H groups in total. The summed E-state index contributed by atoms with van der Waals surface area (Å²) in [5.74, 6) is 0. The van der Waals surface area contributed by atoms with Crippen molar-refractivity contribution >= 4 is 29.9 Å². The molecule has 0 saturated carbocycles. The molecule has 0 radical (unpaired) electrons. The Morgan fingerprint density at radius 1 is 1.14 bits per heavy atom. The smallest absolute Gasteiger partial charge is 0.342 e. The summed E-state index contributed by atoms with van der Waals surface area (Å²) in [4.78, 5) is 25.8. The number of carbonyl (C=O) groups excluding carboxylic acids is 2. The number of benzene rings is 1. The zero-order valence-corrected chi connectivity index (χ0v) is 12.3.